The first-order valence-electron chi connectivity index (χ1n) is 18.5. The van der Waals surface area contributed by atoms with Crippen LogP contribution in [0.5, 0.6) is 5.75 Å². The summed E-state index contributed by atoms with van der Waals surface area (Å²) >= 11 is 0. The van der Waals surface area contributed by atoms with Crippen molar-refractivity contribution in [3.05, 3.63) is 83.6 Å². The highest BCUT2D eigenvalue weighted by Crippen LogP contribution is 2.33. The Morgan fingerprint density at radius 3 is 2.42 bits per heavy atom. The van der Waals surface area contributed by atoms with E-state index in [1.54, 1.807) is 16.7 Å². The summed E-state index contributed by atoms with van der Waals surface area (Å²) < 4.78 is 47.3. The molecule has 3 aliphatic heterocycles. The number of nitrogens with one attached hydrogen (secondary N) is 3. The number of carbonyl (C=O) groups is 4. The number of ether oxygens (including phenoxy) is 1. The second-order valence-corrected chi connectivity index (χ2v) is 14.6. The summed E-state index contributed by atoms with van der Waals surface area (Å²) in [4.78, 5) is 62.0. The van der Waals surface area contributed by atoms with Gasteiger partial charge in [-0.25, -0.2) is 9.97 Å². The molecule has 6 heterocycles. The third kappa shape index (κ3) is 8.90. The van der Waals surface area contributed by atoms with Crippen LogP contribution in [0.1, 0.15) is 85.2 Å². The smallest absolute Gasteiger partial charge is 0.433 e. The highest BCUT2D eigenvalue weighted by Gasteiger charge is 2.34. The average Bonchev–Trinajstić information content (AvgIpc) is 3.54. The van der Waals surface area contributed by atoms with Crippen molar-refractivity contribution < 1.29 is 37.1 Å². The first-order chi connectivity index (χ1) is 26.3. The topological polar surface area (TPSA) is 150 Å². The number of piperidine rings is 2. The molecule has 1 unspecified atom stereocenters. The van der Waals surface area contributed by atoms with Gasteiger partial charge in [-0.2, -0.15) is 13.2 Å². The normalized spacial score (nSPS) is 18.7. The zero-order valence-electron chi connectivity index (χ0n) is 30.6. The summed E-state index contributed by atoms with van der Waals surface area (Å²) in [5, 5.41) is 8.23. The summed E-state index contributed by atoms with van der Waals surface area (Å²) in [5.74, 6) is -0.369. The van der Waals surface area contributed by atoms with Gasteiger partial charge in [0.1, 0.15) is 34.5 Å². The van der Waals surface area contributed by atoms with Crippen LogP contribution in [0.25, 0.3) is 5.65 Å². The van der Waals surface area contributed by atoms with E-state index in [1.165, 1.54) is 11.6 Å². The average molecular weight is 761 g/mol. The van der Waals surface area contributed by atoms with Crippen molar-refractivity contribution in [1.82, 2.24) is 29.5 Å². The zero-order valence-corrected chi connectivity index (χ0v) is 30.6. The predicted octanol–water partition coefficient (Wildman–Crippen LogP) is 5.20. The van der Waals surface area contributed by atoms with E-state index in [0.717, 1.165) is 49.4 Å². The fourth-order valence-electron chi connectivity index (χ4n) is 7.28. The predicted molar refractivity (Wildman–Crippen MR) is 197 cm³/mol. The first kappa shape index (κ1) is 37.8. The zero-order chi connectivity index (χ0) is 38.9. The number of amides is 4. The summed E-state index contributed by atoms with van der Waals surface area (Å²) in [6, 6.07) is 12.5. The van der Waals surface area contributed by atoms with Gasteiger partial charge in [-0.15, -0.1) is 0 Å². The minimum absolute atomic E-state index is 0.144. The van der Waals surface area contributed by atoms with Gasteiger partial charge in [0.15, 0.2) is 0 Å². The van der Waals surface area contributed by atoms with E-state index in [-0.39, 0.29) is 41.1 Å². The van der Waals surface area contributed by atoms with Crippen LogP contribution in [0.15, 0.2) is 60.9 Å². The molecule has 0 spiro atoms. The van der Waals surface area contributed by atoms with E-state index in [9.17, 15) is 32.3 Å². The minimum Gasteiger partial charge on any atom is -0.489 e. The number of imide groups is 1. The van der Waals surface area contributed by atoms with Crippen molar-refractivity contribution in [2.75, 3.05) is 43.4 Å². The molecule has 0 aliphatic carbocycles. The molecule has 55 heavy (non-hydrogen) atoms. The molecule has 0 bridgehead atoms. The van der Waals surface area contributed by atoms with Crippen LogP contribution in [0, 0.1) is 0 Å². The Morgan fingerprint density at radius 2 is 1.73 bits per heavy atom. The quantitative estimate of drug-likeness (QED) is 0.176. The second-order valence-electron chi connectivity index (χ2n) is 14.6. The number of halogens is 3. The number of imidazole rings is 1. The van der Waals surface area contributed by atoms with Crippen LogP contribution in [0.4, 0.5) is 24.5 Å². The Labute approximate surface area is 315 Å². The summed E-state index contributed by atoms with van der Waals surface area (Å²) in [6.07, 6.45) is 1.55. The van der Waals surface area contributed by atoms with Crippen LogP contribution in [-0.2, 0) is 20.6 Å². The van der Waals surface area contributed by atoms with Crippen molar-refractivity contribution in [3.63, 3.8) is 0 Å². The molecule has 3 fully saturated rings. The standard InChI is InChI=1S/C39H43F3N8O5/c1-23(2)55-32-18-34-45-30(21-50(34)22-31(32)46-37(53)28-4-3-5-33(44-28)39(40,41)42)26-19-48(20-26)15-14-36(52)49-16-12-25(13-17-49)24-6-8-27(9-7-24)43-29-10-11-35(51)47-38(29)54/h3-9,18,21-23,25-26,29,43H,10-17,19-20H2,1-2H3,(H,46,53)(H,47,51,54). The molecule has 0 radical (unpaired) electrons. The van der Waals surface area contributed by atoms with Crippen molar-refractivity contribution in [2.45, 2.75) is 76.1 Å². The number of benzene rings is 1. The van der Waals surface area contributed by atoms with Gasteiger partial charge in [-0.05, 0) is 68.9 Å². The molecule has 3 aromatic heterocycles. The molecule has 290 valence electrons. The number of rotatable bonds is 11. The maximum Gasteiger partial charge on any atom is 0.433 e. The fourth-order valence-corrected chi connectivity index (χ4v) is 7.28. The van der Waals surface area contributed by atoms with Crippen LogP contribution in [-0.4, -0.2) is 92.7 Å². The SMILES string of the molecule is CC(C)Oc1cc2nc(C3CN(CCC(=O)N4CCC(c5ccc(NC6CCC(=O)NC6=O)cc5)CC4)C3)cn2cc1NC(=O)c1cccc(C(F)(F)F)n1. The van der Waals surface area contributed by atoms with E-state index in [1.807, 2.05) is 37.1 Å². The number of hydrogen-bond acceptors (Lipinski definition) is 9. The lowest BCUT2D eigenvalue weighted by molar-refractivity contribution is -0.141. The molecule has 1 atom stereocenters. The van der Waals surface area contributed by atoms with E-state index < -0.39 is 23.8 Å². The molecular formula is C39H43F3N8O5. The van der Waals surface area contributed by atoms with Crippen molar-refractivity contribution in [3.8, 4) is 5.75 Å². The Morgan fingerprint density at radius 1 is 0.982 bits per heavy atom. The van der Waals surface area contributed by atoms with E-state index in [4.69, 9.17) is 9.72 Å². The third-order valence-corrected chi connectivity index (χ3v) is 10.3. The van der Waals surface area contributed by atoms with Gasteiger partial charge in [-0.1, -0.05) is 18.2 Å². The number of alkyl halides is 3. The lowest BCUT2D eigenvalue weighted by Gasteiger charge is -2.39. The van der Waals surface area contributed by atoms with Crippen LogP contribution < -0.4 is 20.7 Å². The number of carbonyl (C=O) groups excluding carboxylic acids is 4. The highest BCUT2D eigenvalue weighted by atomic mass is 19.4. The fraction of sp³-hybridized carbons (Fsp3) is 0.436. The van der Waals surface area contributed by atoms with Crippen molar-refractivity contribution >= 4 is 40.7 Å². The Bertz CT molecular complexity index is 2070. The van der Waals surface area contributed by atoms with Crippen LogP contribution in [0.2, 0.25) is 0 Å². The number of likely N-dealkylation sites (tertiary alicyclic amines) is 2. The number of hydrogen-bond donors (Lipinski definition) is 3. The molecule has 7 rings (SSSR count). The molecule has 4 amide bonds. The van der Waals surface area contributed by atoms with Crippen LogP contribution >= 0.6 is 0 Å². The van der Waals surface area contributed by atoms with E-state index in [2.05, 4.69) is 38.0 Å². The molecule has 0 saturated carbocycles. The van der Waals surface area contributed by atoms with Gasteiger partial charge in [0.05, 0.1) is 11.8 Å². The summed E-state index contributed by atoms with van der Waals surface area (Å²) in [6.45, 7) is 7.18. The molecular weight excluding hydrogens is 717 g/mol. The number of fused-ring (bicyclic) bond motifs is 1. The Balaban J connectivity index is 0.884. The number of anilines is 2. The molecule has 1 aromatic carbocycles. The molecule has 16 heteroatoms. The molecule has 3 N–H and O–H groups in total. The lowest BCUT2D eigenvalue weighted by Crippen LogP contribution is -2.47. The maximum atomic E-state index is 13.2. The van der Waals surface area contributed by atoms with E-state index in [0.29, 0.717) is 56.2 Å². The van der Waals surface area contributed by atoms with Gasteiger partial charge < -0.3 is 29.6 Å². The van der Waals surface area contributed by atoms with Gasteiger partial charge in [0.25, 0.3) is 5.91 Å². The Kier molecular flexibility index (Phi) is 10.8. The minimum atomic E-state index is -4.68. The summed E-state index contributed by atoms with van der Waals surface area (Å²) in [5.41, 5.74) is 2.22. The Hall–Kier alpha value is -5.51. The van der Waals surface area contributed by atoms with Gasteiger partial charge in [0, 0.05) is 75.6 Å². The van der Waals surface area contributed by atoms with Crippen LogP contribution in [0.3, 0.4) is 0 Å². The van der Waals surface area contributed by atoms with E-state index >= 15 is 0 Å². The molecule has 3 saturated heterocycles. The second kappa shape index (κ2) is 15.7. The van der Waals surface area contributed by atoms with Gasteiger partial charge >= 0.3 is 6.18 Å². The molecule has 4 aromatic rings. The van der Waals surface area contributed by atoms with Gasteiger partial charge in [0.2, 0.25) is 17.7 Å². The number of pyridine rings is 2. The number of nitrogens with zero attached hydrogens (tertiary/aromatic N) is 5. The number of aromatic nitrogens is 3. The third-order valence-electron chi connectivity index (χ3n) is 10.3. The summed E-state index contributed by atoms with van der Waals surface area (Å²) in [7, 11) is 0. The largest absolute Gasteiger partial charge is 0.489 e. The monoisotopic (exact) mass is 760 g/mol. The molecule has 13 nitrogen and oxygen atoms in total. The highest BCUT2D eigenvalue weighted by molar-refractivity contribution is 6.04. The maximum absolute atomic E-state index is 13.2. The van der Waals surface area contributed by atoms with Crippen molar-refractivity contribution in [2.24, 2.45) is 0 Å². The van der Waals surface area contributed by atoms with Gasteiger partial charge in [-0.3, -0.25) is 24.5 Å². The van der Waals surface area contributed by atoms with Crippen molar-refractivity contribution in [1.29, 1.82) is 0 Å². The molecule has 3 aliphatic rings. The first-order valence-corrected chi connectivity index (χ1v) is 18.5. The lowest BCUT2D eigenvalue weighted by atomic mass is 9.89.